The van der Waals surface area contributed by atoms with Crippen molar-refractivity contribution >= 4 is 41.6 Å². The van der Waals surface area contributed by atoms with E-state index in [0.717, 1.165) is 0 Å². The Balaban J connectivity index is 5.00. The van der Waals surface area contributed by atoms with Crippen molar-refractivity contribution < 1.29 is 26.2 Å². The van der Waals surface area contributed by atoms with E-state index in [1.54, 1.807) is 10.9 Å². The lowest BCUT2D eigenvalue weighted by Crippen LogP contribution is -2.63. The number of carbonyl (C=O) groups is 1. The van der Waals surface area contributed by atoms with E-state index < -0.39 is 29.3 Å². The smallest absolute Gasteiger partial charge is 0.375 e. The van der Waals surface area contributed by atoms with Crippen molar-refractivity contribution in [2.45, 2.75) is 0 Å². The van der Waals surface area contributed by atoms with Crippen LogP contribution in [0.5, 0.6) is 0 Å². The number of hydrogen-bond donors (Lipinski definition) is 6. The van der Waals surface area contributed by atoms with E-state index in [1.165, 1.54) is 4.83 Å². The van der Waals surface area contributed by atoms with Crippen LogP contribution in [-0.2, 0) is 18.2 Å². The fraction of sp³-hybridized carbons (Fsp3) is 0. The first-order valence-corrected chi connectivity index (χ1v) is 7.22. The van der Waals surface area contributed by atoms with Crippen LogP contribution in [0, 0.1) is 0 Å². The molecule has 0 aliphatic carbocycles. The molecule has 0 saturated carbocycles. The van der Waals surface area contributed by atoms with Crippen molar-refractivity contribution in [3.05, 3.63) is 0 Å². The SMILES string of the molecule is NC(=O)NN(NC(N)=S)NS(=O)(=O)S(=O)(=O)O. The first kappa shape index (κ1) is 15.7. The average Bonchev–Trinajstić information content (AvgIpc) is 1.96. The third-order valence-corrected chi connectivity index (χ3v) is 3.86. The van der Waals surface area contributed by atoms with Crippen LogP contribution in [-0.4, -0.2) is 37.8 Å². The molecular weight excluding hydrogens is 300 g/mol. The normalized spacial score (nSPS) is 12.1. The summed E-state index contributed by atoms with van der Waals surface area (Å²) in [5, 5.41) is -0.495. The minimum absolute atomic E-state index is 0.0355. The Morgan fingerprint density at radius 1 is 1.18 bits per heavy atom. The molecule has 15 heteroatoms. The van der Waals surface area contributed by atoms with Gasteiger partial charge in [-0.1, -0.05) is 4.83 Å². The van der Waals surface area contributed by atoms with Crippen LogP contribution in [0.1, 0.15) is 0 Å². The van der Waals surface area contributed by atoms with Gasteiger partial charge >= 0.3 is 24.2 Å². The van der Waals surface area contributed by atoms with Gasteiger partial charge in [-0.25, -0.2) is 10.2 Å². The molecule has 0 rings (SSSR count). The zero-order valence-corrected chi connectivity index (χ0v) is 10.3. The molecule has 12 nitrogen and oxygen atoms in total. The Labute approximate surface area is 100 Å². The van der Waals surface area contributed by atoms with Crippen molar-refractivity contribution in [1.29, 1.82) is 0 Å². The Morgan fingerprint density at radius 2 is 1.65 bits per heavy atom. The maximum Gasteiger partial charge on any atom is 0.387 e. The van der Waals surface area contributed by atoms with Gasteiger partial charge in [-0.3, -0.25) is 9.98 Å². The molecule has 0 unspecified atom stereocenters. The van der Waals surface area contributed by atoms with Crippen molar-refractivity contribution in [1.82, 2.24) is 20.9 Å². The van der Waals surface area contributed by atoms with Crippen LogP contribution in [0.15, 0.2) is 0 Å². The van der Waals surface area contributed by atoms with Crippen molar-refractivity contribution in [3.63, 3.8) is 0 Å². The van der Waals surface area contributed by atoms with Gasteiger partial charge in [0.2, 0.25) is 0 Å². The second kappa shape index (κ2) is 5.38. The van der Waals surface area contributed by atoms with Gasteiger partial charge in [-0.05, 0) is 17.4 Å². The second-order valence-electron chi connectivity index (χ2n) is 2.26. The van der Waals surface area contributed by atoms with E-state index in [0.29, 0.717) is 0 Å². The zero-order valence-electron chi connectivity index (χ0n) is 7.82. The molecule has 0 saturated heterocycles. The number of hydrogen-bond acceptors (Lipinski definition) is 7. The van der Waals surface area contributed by atoms with Crippen molar-refractivity contribution in [3.8, 4) is 0 Å². The predicted octanol–water partition coefficient (Wildman–Crippen LogP) is -3.74. The third kappa shape index (κ3) is 5.56. The lowest BCUT2D eigenvalue weighted by atomic mass is 11.1. The number of nitrogens with two attached hydrogens (primary N) is 2. The van der Waals surface area contributed by atoms with Gasteiger partial charge in [0.05, 0.1) is 0 Å². The number of nitrogens with one attached hydrogen (secondary N) is 3. The zero-order chi connectivity index (χ0) is 13.9. The number of nitrogens with zero attached hydrogens (tertiary/aromatic N) is 1. The second-order valence-corrected chi connectivity index (χ2v) is 7.23. The van der Waals surface area contributed by atoms with Gasteiger partial charge in [0.25, 0.3) is 0 Å². The number of hydrazine groups is 3. The molecule has 0 aromatic carbocycles. The molecule has 0 aromatic rings. The lowest BCUT2D eigenvalue weighted by Gasteiger charge is -2.21. The fourth-order valence-electron chi connectivity index (χ4n) is 0.453. The fourth-order valence-corrected chi connectivity index (χ4v) is 1.46. The molecular formula is C2H8N6O6S3. The Morgan fingerprint density at radius 3 is 1.94 bits per heavy atom. The van der Waals surface area contributed by atoms with Gasteiger partial charge in [0.15, 0.2) is 5.11 Å². The summed E-state index contributed by atoms with van der Waals surface area (Å²) in [6.45, 7) is 0. The van der Waals surface area contributed by atoms with Crippen LogP contribution in [0.3, 0.4) is 0 Å². The highest BCUT2D eigenvalue weighted by Gasteiger charge is 2.30. The number of carbonyl (C=O) groups excluding carboxylic acids is 1. The maximum atomic E-state index is 10.9. The molecule has 2 amide bonds. The van der Waals surface area contributed by atoms with E-state index in [2.05, 4.69) is 18.0 Å². The highest BCUT2D eigenvalue weighted by atomic mass is 33.2. The summed E-state index contributed by atoms with van der Waals surface area (Å²) in [5.74, 6) is 0. The number of thiocarbonyl (C=S) groups is 1. The molecule has 0 radical (unpaired) electrons. The molecule has 0 aliphatic heterocycles. The van der Waals surface area contributed by atoms with E-state index >= 15 is 0 Å². The van der Waals surface area contributed by atoms with Gasteiger partial charge in [-0.15, -0.1) is 0 Å². The molecule has 0 atom stereocenters. The summed E-state index contributed by atoms with van der Waals surface area (Å²) in [4.78, 5) is 11.6. The van der Waals surface area contributed by atoms with Crippen LogP contribution in [0.2, 0.25) is 0 Å². The molecule has 0 fully saturated rings. The maximum absolute atomic E-state index is 10.9. The van der Waals surface area contributed by atoms with Gasteiger partial charge in [0, 0.05) is 0 Å². The largest absolute Gasteiger partial charge is 0.387 e. The quantitative estimate of drug-likeness (QED) is 0.127. The molecule has 17 heavy (non-hydrogen) atoms. The topological polar surface area (TPSA) is 197 Å². The first-order valence-electron chi connectivity index (χ1n) is 3.38. The number of amides is 2. The Bertz CT molecular complexity index is 492. The van der Waals surface area contributed by atoms with Gasteiger partial charge in [0.1, 0.15) is 0 Å². The molecule has 0 spiro atoms. The minimum atomic E-state index is -5.47. The van der Waals surface area contributed by atoms with Crippen LogP contribution in [0.25, 0.3) is 0 Å². The van der Waals surface area contributed by atoms with E-state index in [1.807, 2.05) is 0 Å². The summed E-state index contributed by atoms with van der Waals surface area (Å²) >= 11 is 4.29. The molecule has 0 aromatic heterocycles. The van der Waals surface area contributed by atoms with Gasteiger partial charge < -0.3 is 11.5 Å². The summed E-state index contributed by atoms with van der Waals surface area (Å²) in [5.41, 5.74) is 12.9. The average molecular weight is 308 g/mol. The number of primary amides is 1. The van der Waals surface area contributed by atoms with Crippen molar-refractivity contribution in [2.24, 2.45) is 11.5 Å². The molecule has 0 bridgehead atoms. The first-order chi connectivity index (χ1) is 7.45. The highest BCUT2D eigenvalue weighted by molar-refractivity contribution is 8.64. The minimum Gasteiger partial charge on any atom is -0.375 e. The summed E-state index contributed by atoms with van der Waals surface area (Å²) in [7, 11) is -10.7. The van der Waals surface area contributed by atoms with E-state index in [4.69, 9.17) is 10.3 Å². The van der Waals surface area contributed by atoms with Crippen LogP contribution < -0.4 is 27.2 Å². The monoisotopic (exact) mass is 308 g/mol. The van der Waals surface area contributed by atoms with E-state index in [-0.39, 0.29) is 5.23 Å². The third-order valence-electron chi connectivity index (χ3n) is 0.924. The molecule has 100 valence electrons. The molecule has 0 heterocycles. The molecule has 8 N–H and O–H groups in total. The predicted molar refractivity (Wildman–Crippen MR) is 58.1 cm³/mol. The Kier molecular flexibility index (Phi) is 4.98. The summed E-state index contributed by atoms with van der Waals surface area (Å²) in [6.07, 6.45) is 0. The molecule has 0 aliphatic rings. The number of urea groups is 1. The Hall–Kier alpha value is -1.26. The van der Waals surface area contributed by atoms with Crippen LogP contribution in [0.4, 0.5) is 4.79 Å². The summed E-state index contributed by atoms with van der Waals surface area (Å²) < 4.78 is 51.0. The van der Waals surface area contributed by atoms with Crippen molar-refractivity contribution in [2.75, 3.05) is 0 Å². The summed E-state index contributed by atoms with van der Waals surface area (Å²) in [6, 6.07) is -1.27. The van der Waals surface area contributed by atoms with Crippen LogP contribution >= 0.6 is 12.2 Å². The standard InChI is InChI=1S/C2H8N6O6S3/c3-1(9)5-8(6-2(4)15)7-16(10,11)17(12,13)14/h7H,(H3,3,5,9)(H3,4,6,15)(H,12,13,14). The lowest BCUT2D eigenvalue weighted by molar-refractivity contribution is 0.135. The van der Waals surface area contributed by atoms with Gasteiger partial charge in [-0.2, -0.15) is 16.8 Å². The van der Waals surface area contributed by atoms with E-state index in [9.17, 15) is 21.6 Å². The number of rotatable bonds is 5. The highest BCUT2D eigenvalue weighted by Crippen LogP contribution is 1.94.